The third-order valence-corrected chi connectivity index (χ3v) is 4.93. The second kappa shape index (κ2) is 10.7. The lowest BCUT2D eigenvalue weighted by atomic mass is 10.0. The van der Waals surface area contributed by atoms with Gasteiger partial charge < -0.3 is 10.2 Å². The van der Waals surface area contributed by atoms with Crippen molar-refractivity contribution >= 4 is 11.8 Å². The minimum Gasteiger partial charge on any atom is -0.354 e. The molecule has 0 saturated carbocycles. The normalized spacial score (nSPS) is 11.8. The maximum Gasteiger partial charge on any atom is 0.242 e. The van der Waals surface area contributed by atoms with Crippen LogP contribution in [0.2, 0.25) is 0 Å². The number of nitrogens with one attached hydrogen (secondary N) is 1. The van der Waals surface area contributed by atoms with Crippen molar-refractivity contribution in [3.63, 3.8) is 0 Å². The van der Waals surface area contributed by atoms with Crippen molar-refractivity contribution in [3.8, 4) is 0 Å². The maximum atomic E-state index is 14.2. The second-order valence-corrected chi connectivity index (χ2v) is 7.61. The van der Waals surface area contributed by atoms with Crippen molar-refractivity contribution in [1.82, 2.24) is 10.2 Å². The van der Waals surface area contributed by atoms with E-state index in [4.69, 9.17) is 0 Å². The SMILES string of the molecule is CCCCNC(=O)[C@@H](C)N(Cc1ccccc1F)C(=O)Cc1cc(C)cc(C)c1. The standard InChI is InChI=1S/C24H31FN2O2/c1-5-6-11-26-24(29)19(4)27(16-21-9-7-8-10-22(21)25)23(28)15-20-13-17(2)12-18(3)14-20/h7-10,12-14,19H,5-6,11,15-16H2,1-4H3,(H,26,29)/t19-/m1/s1. The summed E-state index contributed by atoms with van der Waals surface area (Å²) in [5.41, 5.74) is 3.46. The summed E-state index contributed by atoms with van der Waals surface area (Å²) < 4.78 is 14.2. The number of nitrogens with zero attached hydrogens (tertiary/aromatic N) is 1. The molecule has 29 heavy (non-hydrogen) atoms. The van der Waals surface area contributed by atoms with Gasteiger partial charge in [-0.2, -0.15) is 0 Å². The predicted octanol–water partition coefficient (Wildman–Crippen LogP) is 4.32. The average molecular weight is 399 g/mol. The van der Waals surface area contributed by atoms with Crippen LogP contribution in [0.3, 0.4) is 0 Å². The Kier molecular flexibility index (Phi) is 8.37. The first kappa shape index (κ1) is 22.6. The number of benzene rings is 2. The van der Waals surface area contributed by atoms with Crippen LogP contribution in [0.4, 0.5) is 4.39 Å². The van der Waals surface area contributed by atoms with E-state index in [-0.39, 0.29) is 30.6 Å². The third-order valence-electron chi connectivity index (χ3n) is 4.93. The predicted molar refractivity (Wildman–Crippen MR) is 114 cm³/mol. The van der Waals surface area contributed by atoms with E-state index in [1.54, 1.807) is 25.1 Å². The molecule has 2 rings (SSSR count). The first-order valence-electron chi connectivity index (χ1n) is 10.2. The molecule has 0 saturated heterocycles. The zero-order valence-electron chi connectivity index (χ0n) is 17.8. The van der Waals surface area contributed by atoms with Gasteiger partial charge in [0.25, 0.3) is 0 Å². The van der Waals surface area contributed by atoms with Gasteiger partial charge in [0.15, 0.2) is 0 Å². The van der Waals surface area contributed by atoms with Crippen LogP contribution in [0.1, 0.15) is 48.9 Å². The van der Waals surface area contributed by atoms with E-state index in [1.165, 1.54) is 11.0 Å². The molecule has 0 fully saturated rings. The van der Waals surface area contributed by atoms with E-state index < -0.39 is 6.04 Å². The van der Waals surface area contributed by atoms with Crippen molar-refractivity contribution in [2.24, 2.45) is 0 Å². The van der Waals surface area contributed by atoms with Crippen molar-refractivity contribution in [1.29, 1.82) is 0 Å². The Labute approximate surface area is 173 Å². The van der Waals surface area contributed by atoms with Crippen molar-refractivity contribution < 1.29 is 14.0 Å². The average Bonchev–Trinajstić information content (AvgIpc) is 2.66. The molecule has 2 aromatic carbocycles. The molecule has 0 aliphatic rings. The summed E-state index contributed by atoms with van der Waals surface area (Å²) in [6, 6.07) is 11.7. The maximum absolute atomic E-state index is 14.2. The lowest BCUT2D eigenvalue weighted by Gasteiger charge is -2.29. The van der Waals surface area contributed by atoms with Gasteiger partial charge >= 0.3 is 0 Å². The number of aryl methyl sites for hydroxylation is 2. The minimum absolute atomic E-state index is 0.0542. The van der Waals surface area contributed by atoms with E-state index >= 15 is 0 Å². The van der Waals surface area contributed by atoms with E-state index in [1.807, 2.05) is 32.9 Å². The molecule has 0 heterocycles. The fourth-order valence-electron chi connectivity index (χ4n) is 3.38. The number of unbranched alkanes of at least 4 members (excludes halogenated alkanes) is 1. The summed E-state index contributed by atoms with van der Waals surface area (Å²) in [5, 5.41) is 2.87. The van der Waals surface area contributed by atoms with Crippen LogP contribution in [-0.2, 0) is 22.6 Å². The lowest BCUT2D eigenvalue weighted by molar-refractivity contribution is -0.140. The van der Waals surface area contributed by atoms with Crippen molar-refractivity contribution in [2.45, 2.75) is 59.5 Å². The zero-order valence-corrected chi connectivity index (χ0v) is 17.8. The number of halogens is 1. The van der Waals surface area contributed by atoms with Gasteiger partial charge in [-0.05, 0) is 38.8 Å². The Morgan fingerprint density at radius 2 is 1.76 bits per heavy atom. The summed E-state index contributed by atoms with van der Waals surface area (Å²) in [6.45, 7) is 8.34. The molecule has 1 atom stereocenters. The van der Waals surface area contributed by atoms with Crippen LogP contribution >= 0.6 is 0 Å². The van der Waals surface area contributed by atoms with E-state index in [9.17, 15) is 14.0 Å². The van der Waals surface area contributed by atoms with E-state index in [2.05, 4.69) is 11.4 Å². The Bertz CT molecular complexity index is 830. The Morgan fingerprint density at radius 3 is 2.38 bits per heavy atom. The molecule has 4 nitrogen and oxygen atoms in total. The van der Waals surface area contributed by atoms with Gasteiger partial charge in [0.2, 0.25) is 11.8 Å². The molecule has 5 heteroatoms. The summed E-state index contributed by atoms with van der Waals surface area (Å²) >= 11 is 0. The number of rotatable bonds is 9. The highest BCUT2D eigenvalue weighted by Crippen LogP contribution is 2.16. The highest BCUT2D eigenvalue weighted by Gasteiger charge is 2.26. The Hall–Kier alpha value is -2.69. The van der Waals surface area contributed by atoms with Gasteiger partial charge in [0.05, 0.1) is 6.42 Å². The van der Waals surface area contributed by atoms with Crippen LogP contribution in [0, 0.1) is 19.7 Å². The van der Waals surface area contributed by atoms with Gasteiger partial charge in [-0.15, -0.1) is 0 Å². The molecule has 0 radical (unpaired) electrons. The molecule has 2 amide bonds. The van der Waals surface area contributed by atoms with Gasteiger partial charge in [-0.3, -0.25) is 9.59 Å². The van der Waals surface area contributed by atoms with Gasteiger partial charge in [0.1, 0.15) is 11.9 Å². The smallest absolute Gasteiger partial charge is 0.242 e. The lowest BCUT2D eigenvalue weighted by Crippen LogP contribution is -2.48. The van der Waals surface area contributed by atoms with E-state index in [0.717, 1.165) is 29.5 Å². The van der Waals surface area contributed by atoms with Gasteiger partial charge in [0, 0.05) is 18.7 Å². The molecule has 0 aliphatic heterocycles. The van der Waals surface area contributed by atoms with Crippen LogP contribution in [0.5, 0.6) is 0 Å². The minimum atomic E-state index is -0.690. The molecule has 0 aliphatic carbocycles. The number of carbonyl (C=O) groups is 2. The third kappa shape index (κ3) is 6.70. The number of amides is 2. The van der Waals surface area contributed by atoms with Gasteiger partial charge in [-0.1, -0.05) is 60.9 Å². The van der Waals surface area contributed by atoms with E-state index in [0.29, 0.717) is 12.1 Å². The quantitative estimate of drug-likeness (QED) is 0.640. The molecular formula is C24H31FN2O2. The molecule has 2 aromatic rings. The fraction of sp³-hybridized carbons (Fsp3) is 0.417. The summed E-state index contributed by atoms with van der Waals surface area (Å²) in [7, 11) is 0. The first-order chi connectivity index (χ1) is 13.8. The van der Waals surface area contributed by atoms with Crippen LogP contribution in [-0.4, -0.2) is 29.3 Å². The molecular weight excluding hydrogens is 367 g/mol. The topological polar surface area (TPSA) is 49.4 Å². The highest BCUT2D eigenvalue weighted by molar-refractivity contribution is 5.88. The second-order valence-electron chi connectivity index (χ2n) is 7.61. The van der Waals surface area contributed by atoms with Crippen LogP contribution in [0.15, 0.2) is 42.5 Å². The highest BCUT2D eigenvalue weighted by atomic mass is 19.1. The Balaban J connectivity index is 2.23. The molecule has 0 bridgehead atoms. The summed E-state index contributed by atoms with van der Waals surface area (Å²) in [5.74, 6) is -0.796. The number of hydrogen-bond donors (Lipinski definition) is 1. The molecule has 1 N–H and O–H groups in total. The fourth-order valence-corrected chi connectivity index (χ4v) is 3.38. The monoisotopic (exact) mass is 398 g/mol. The van der Waals surface area contributed by atoms with Gasteiger partial charge in [-0.25, -0.2) is 4.39 Å². The summed E-state index contributed by atoms with van der Waals surface area (Å²) in [6.07, 6.45) is 2.02. The van der Waals surface area contributed by atoms with Crippen LogP contribution in [0.25, 0.3) is 0 Å². The molecule has 156 valence electrons. The van der Waals surface area contributed by atoms with Crippen LogP contribution < -0.4 is 5.32 Å². The molecule has 0 spiro atoms. The largest absolute Gasteiger partial charge is 0.354 e. The Morgan fingerprint density at radius 1 is 1.10 bits per heavy atom. The number of carbonyl (C=O) groups excluding carboxylic acids is 2. The summed E-state index contributed by atoms with van der Waals surface area (Å²) in [4.78, 5) is 27.2. The van der Waals surface area contributed by atoms with Crippen molar-refractivity contribution in [2.75, 3.05) is 6.54 Å². The zero-order chi connectivity index (χ0) is 21.4. The molecule has 0 aromatic heterocycles. The first-order valence-corrected chi connectivity index (χ1v) is 10.2. The van der Waals surface area contributed by atoms with Crippen molar-refractivity contribution in [3.05, 3.63) is 70.5 Å². The molecule has 0 unspecified atom stereocenters. The number of hydrogen-bond acceptors (Lipinski definition) is 2.